The summed E-state index contributed by atoms with van der Waals surface area (Å²) in [5.41, 5.74) is 3.44. The number of methoxy groups -OCH3 is 1. The van der Waals surface area contributed by atoms with Gasteiger partial charge in [0, 0.05) is 17.7 Å². The largest absolute Gasteiger partial charge is 0.497 e. The Bertz CT molecular complexity index is 718. The number of H-pyrrole nitrogens is 1. The smallest absolute Gasteiger partial charge is 0.233 e. The second-order valence-electron chi connectivity index (χ2n) is 6.13. The lowest BCUT2D eigenvalue weighted by atomic mass is 10.0. The number of aryl methyl sites for hydroxylation is 1. The van der Waals surface area contributed by atoms with Gasteiger partial charge < -0.3 is 10.1 Å². The fraction of sp³-hybridized carbons (Fsp3) is 0.412. The third-order valence-electron chi connectivity index (χ3n) is 4.61. The van der Waals surface area contributed by atoms with Crippen molar-refractivity contribution in [3.63, 3.8) is 0 Å². The molecule has 1 aromatic heterocycles. The van der Waals surface area contributed by atoms with Crippen molar-refractivity contribution in [3.8, 4) is 5.75 Å². The predicted molar refractivity (Wildman–Crippen MR) is 83.2 cm³/mol. The van der Waals surface area contributed by atoms with E-state index >= 15 is 0 Å². The lowest BCUT2D eigenvalue weighted by Crippen LogP contribution is -2.19. The number of carbonyl (C=O) groups excluding carboxylic acids is 1. The van der Waals surface area contributed by atoms with Crippen LogP contribution in [-0.2, 0) is 11.2 Å². The summed E-state index contributed by atoms with van der Waals surface area (Å²) in [7, 11) is 1.65. The first-order valence-corrected chi connectivity index (χ1v) is 7.77. The van der Waals surface area contributed by atoms with Crippen LogP contribution < -0.4 is 10.1 Å². The molecule has 2 N–H and O–H groups in total. The highest BCUT2D eigenvalue weighted by Gasteiger charge is 2.30. The molecule has 2 aliphatic carbocycles. The molecular formula is C17H19N3O2. The normalized spacial score (nSPS) is 19.8. The zero-order valence-electron chi connectivity index (χ0n) is 12.6. The Morgan fingerprint density at radius 1 is 1.32 bits per heavy atom. The van der Waals surface area contributed by atoms with E-state index in [2.05, 4.69) is 21.6 Å². The van der Waals surface area contributed by atoms with Crippen LogP contribution in [0, 0.1) is 0 Å². The first-order valence-electron chi connectivity index (χ1n) is 7.77. The Balaban J connectivity index is 1.51. The summed E-state index contributed by atoms with van der Waals surface area (Å²) in [5.74, 6) is 1.93. The number of hydrogen-bond donors (Lipinski definition) is 2. The molecule has 1 fully saturated rings. The van der Waals surface area contributed by atoms with Crippen LogP contribution in [0.3, 0.4) is 0 Å². The van der Waals surface area contributed by atoms with Gasteiger partial charge in [0.25, 0.3) is 0 Å². The minimum atomic E-state index is -0.119. The van der Waals surface area contributed by atoms with Crippen LogP contribution in [-0.4, -0.2) is 23.2 Å². The highest BCUT2D eigenvalue weighted by Crippen LogP contribution is 2.40. The monoisotopic (exact) mass is 297 g/mol. The molecule has 114 valence electrons. The number of benzene rings is 1. The standard InChI is InChI=1S/C17H19N3O2/c1-22-12-6-4-10-5-7-13(14(10)8-12)17(21)18-16-9-15(19-20-16)11-2-3-11/h4,6,8-9,11,13H,2-3,5,7H2,1H3,(H2,18,19,20,21). The Hall–Kier alpha value is -2.30. The van der Waals surface area contributed by atoms with Gasteiger partial charge in [0.2, 0.25) is 5.91 Å². The molecule has 22 heavy (non-hydrogen) atoms. The van der Waals surface area contributed by atoms with Crippen LogP contribution in [0.1, 0.15) is 47.9 Å². The molecule has 4 rings (SSSR count). The number of anilines is 1. The second kappa shape index (κ2) is 5.16. The molecule has 1 unspecified atom stereocenters. The maximum absolute atomic E-state index is 12.6. The van der Waals surface area contributed by atoms with E-state index in [9.17, 15) is 4.79 Å². The summed E-state index contributed by atoms with van der Waals surface area (Å²) >= 11 is 0. The number of fused-ring (bicyclic) bond motifs is 1. The molecule has 1 aromatic carbocycles. The van der Waals surface area contributed by atoms with Gasteiger partial charge in [-0.25, -0.2) is 0 Å². The molecule has 0 radical (unpaired) electrons. The van der Waals surface area contributed by atoms with Crippen molar-refractivity contribution in [1.82, 2.24) is 10.2 Å². The molecular weight excluding hydrogens is 278 g/mol. The third kappa shape index (κ3) is 2.36. The average molecular weight is 297 g/mol. The predicted octanol–water partition coefficient (Wildman–Crippen LogP) is 2.96. The lowest BCUT2D eigenvalue weighted by molar-refractivity contribution is -0.117. The molecule has 2 aromatic rings. The summed E-state index contributed by atoms with van der Waals surface area (Å²) in [6, 6.07) is 7.94. The zero-order chi connectivity index (χ0) is 15.1. The van der Waals surface area contributed by atoms with Crippen molar-refractivity contribution < 1.29 is 9.53 Å². The van der Waals surface area contributed by atoms with Crippen molar-refractivity contribution in [1.29, 1.82) is 0 Å². The number of amides is 1. The van der Waals surface area contributed by atoms with Crippen LogP contribution in [0.2, 0.25) is 0 Å². The molecule has 2 aliphatic rings. The molecule has 1 amide bonds. The molecule has 1 saturated carbocycles. The SMILES string of the molecule is COc1ccc2c(c1)C(C(=O)Nc1cc(C3CC3)[nH]n1)CC2. The van der Waals surface area contributed by atoms with Crippen LogP contribution in [0.4, 0.5) is 5.82 Å². The topological polar surface area (TPSA) is 67.0 Å². The van der Waals surface area contributed by atoms with Gasteiger partial charge in [-0.1, -0.05) is 6.07 Å². The zero-order valence-corrected chi connectivity index (χ0v) is 12.6. The second-order valence-corrected chi connectivity index (χ2v) is 6.13. The van der Waals surface area contributed by atoms with Crippen LogP contribution >= 0.6 is 0 Å². The molecule has 5 heteroatoms. The number of hydrogen-bond acceptors (Lipinski definition) is 3. The molecule has 0 saturated heterocycles. The van der Waals surface area contributed by atoms with Crippen LogP contribution in [0.5, 0.6) is 5.75 Å². The maximum atomic E-state index is 12.6. The first kappa shape index (κ1) is 13.4. The number of aromatic nitrogens is 2. The van der Waals surface area contributed by atoms with Gasteiger partial charge in [-0.05, 0) is 48.9 Å². The number of aromatic amines is 1. The van der Waals surface area contributed by atoms with Crippen molar-refractivity contribution in [3.05, 3.63) is 41.1 Å². The average Bonchev–Trinajstić information content (AvgIpc) is 3.13. The molecule has 0 spiro atoms. The Kier molecular flexibility index (Phi) is 3.13. The Labute approximate surface area is 129 Å². The van der Waals surface area contributed by atoms with E-state index in [1.807, 2.05) is 18.2 Å². The number of carbonyl (C=O) groups is 1. The Morgan fingerprint density at radius 3 is 2.95 bits per heavy atom. The van der Waals surface area contributed by atoms with Crippen molar-refractivity contribution in [2.75, 3.05) is 12.4 Å². The van der Waals surface area contributed by atoms with Crippen molar-refractivity contribution in [2.24, 2.45) is 0 Å². The highest BCUT2D eigenvalue weighted by atomic mass is 16.5. The van der Waals surface area contributed by atoms with E-state index < -0.39 is 0 Å². The number of rotatable bonds is 4. The first-order chi connectivity index (χ1) is 10.7. The summed E-state index contributed by atoms with van der Waals surface area (Å²) < 4.78 is 5.27. The van der Waals surface area contributed by atoms with Crippen LogP contribution in [0.15, 0.2) is 24.3 Å². The number of nitrogens with one attached hydrogen (secondary N) is 2. The molecule has 1 heterocycles. The van der Waals surface area contributed by atoms with Gasteiger partial charge in [0.05, 0.1) is 13.0 Å². The van der Waals surface area contributed by atoms with E-state index in [0.29, 0.717) is 11.7 Å². The number of nitrogens with zero attached hydrogens (tertiary/aromatic N) is 1. The summed E-state index contributed by atoms with van der Waals surface area (Å²) in [6.45, 7) is 0. The van der Waals surface area contributed by atoms with Crippen LogP contribution in [0.25, 0.3) is 0 Å². The van der Waals surface area contributed by atoms with Gasteiger partial charge in [-0.3, -0.25) is 9.89 Å². The fourth-order valence-corrected chi connectivity index (χ4v) is 3.20. The highest BCUT2D eigenvalue weighted by molar-refractivity contribution is 5.96. The van der Waals surface area contributed by atoms with Gasteiger partial charge in [-0.15, -0.1) is 0 Å². The van der Waals surface area contributed by atoms with Gasteiger partial charge >= 0.3 is 0 Å². The summed E-state index contributed by atoms with van der Waals surface area (Å²) in [6.07, 6.45) is 4.20. The van der Waals surface area contributed by atoms with E-state index in [1.165, 1.54) is 18.4 Å². The van der Waals surface area contributed by atoms with E-state index in [4.69, 9.17) is 4.74 Å². The lowest BCUT2D eigenvalue weighted by Gasteiger charge is -2.11. The fourth-order valence-electron chi connectivity index (χ4n) is 3.20. The summed E-state index contributed by atoms with van der Waals surface area (Å²) in [4.78, 5) is 12.6. The van der Waals surface area contributed by atoms with Gasteiger partial charge in [-0.2, -0.15) is 5.10 Å². The van der Waals surface area contributed by atoms with Crippen molar-refractivity contribution >= 4 is 11.7 Å². The van der Waals surface area contributed by atoms with E-state index in [1.54, 1.807) is 7.11 Å². The quantitative estimate of drug-likeness (QED) is 0.911. The van der Waals surface area contributed by atoms with Crippen molar-refractivity contribution in [2.45, 2.75) is 37.5 Å². The summed E-state index contributed by atoms with van der Waals surface area (Å²) in [5, 5.41) is 10.2. The third-order valence-corrected chi connectivity index (χ3v) is 4.61. The minimum Gasteiger partial charge on any atom is -0.497 e. The van der Waals surface area contributed by atoms with E-state index in [-0.39, 0.29) is 11.8 Å². The Morgan fingerprint density at radius 2 is 2.18 bits per heavy atom. The molecule has 1 atom stereocenters. The van der Waals surface area contributed by atoms with Gasteiger partial charge in [0.1, 0.15) is 5.75 Å². The van der Waals surface area contributed by atoms with E-state index in [0.717, 1.165) is 29.8 Å². The molecule has 0 aliphatic heterocycles. The maximum Gasteiger partial charge on any atom is 0.233 e. The minimum absolute atomic E-state index is 0.0147. The van der Waals surface area contributed by atoms with Gasteiger partial charge in [0.15, 0.2) is 5.82 Å². The molecule has 5 nitrogen and oxygen atoms in total. The number of ether oxygens (including phenoxy) is 1. The molecule has 0 bridgehead atoms.